The molecule has 1 amide bonds. The van der Waals surface area contributed by atoms with E-state index in [1.807, 2.05) is 24.3 Å². The molecule has 0 bridgehead atoms. The first-order valence-corrected chi connectivity index (χ1v) is 5.86. The third-order valence-electron chi connectivity index (χ3n) is 2.66. The van der Waals surface area contributed by atoms with E-state index < -0.39 is 0 Å². The van der Waals surface area contributed by atoms with E-state index in [1.54, 1.807) is 6.20 Å². The summed E-state index contributed by atoms with van der Waals surface area (Å²) < 4.78 is 0. The predicted octanol–water partition coefficient (Wildman–Crippen LogP) is 1.36. The minimum Gasteiger partial charge on any atom is -0.399 e. The zero-order valence-electron chi connectivity index (χ0n) is 10.0. The molecule has 2 rings (SSSR count). The standard InChI is InChI=1S/C13H16N4O/c14-11-3-2-10-4-7-17-13(12(10)8-11)16-6-1-5-15-9-18/h2-4,7-9H,1,5-6,14H2,(H,15,18)(H,16,17). The number of fused-ring (bicyclic) bond motifs is 1. The molecule has 18 heavy (non-hydrogen) atoms. The van der Waals surface area contributed by atoms with Crippen molar-refractivity contribution in [2.45, 2.75) is 6.42 Å². The smallest absolute Gasteiger partial charge is 0.207 e. The second kappa shape index (κ2) is 5.86. The molecule has 0 aliphatic rings. The highest BCUT2D eigenvalue weighted by Gasteiger charge is 2.01. The Hall–Kier alpha value is -2.30. The quantitative estimate of drug-likeness (QED) is 0.407. The van der Waals surface area contributed by atoms with Gasteiger partial charge in [-0.2, -0.15) is 0 Å². The van der Waals surface area contributed by atoms with E-state index in [9.17, 15) is 4.79 Å². The molecule has 0 spiro atoms. The van der Waals surface area contributed by atoms with E-state index in [-0.39, 0.29) is 0 Å². The zero-order chi connectivity index (χ0) is 12.8. The highest BCUT2D eigenvalue weighted by atomic mass is 16.1. The number of aromatic nitrogens is 1. The van der Waals surface area contributed by atoms with Gasteiger partial charge in [0.2, 0.25) is 6.41 Å². The van der Waals surface area contributed by atoms with Crippen molar-refractivity contribution in [1.29, 1.82) is 0 Å². The lowest BCUT2D eigenvalue weighted by atomic mass is 10.1. The van der Waals surface area contributed by atoms with Crippen LogP contribution in [0.4, 0.5) is 11.5 Å². The van der Waals surface area contributed by atoms with E-state index in [1.165, 1.54) is 0 Å². The molecule has 0 aliphatic heterocycles. The Morgan fingerprint density at radius 2 is 2.17 bits per heavy atom. The second-order valence-electron chi connectivity index (χ2n) is 3.99. The maximum Gasteiger partial charge on any atom is 0.207 e. The maximum absolute atomic E-state index is 10.1. The van der Waals surface area contributed by atoms with Crippen LogP contribution in [0, 0.1) is 0 Å². The third-order valence-corrected chi connectivity index (χ3v) is 2.66. The van der Waals surface area contributed by atoms with E-state index in [0.29, 0.717) is 13.0 Å². The number of anilines is 2. The fourth-order valence-corrected chi connectivity index (χ4v) is 1.78. The summed E-state index contributed by atoms with van der Waals surface area (Å²) in [5.74, 6) is 0.825. The van der Waals surface area contributed by atoms with E-state index in [0.717, 1.165) is 35.2 Å². The van der Waals surface area contributed by atoms with Crippen LogP contribution >= 0.6 is 0 Å². The molecule has 5 nitrogen and oxygen atoms in total. The monoisotopic (exact) mass is 244 g/mol. The van der Waals surface area contributed by atoms with Gasteiger partial charge in [-0.05, 0) is 30.0 Å². The summed E-state index contributed by atoms with van der Waals surface area (Å²) >= 11 is 0. The molecule has 0 unspecified atom stereocenters. The molecule has 0 radical (unpaired) electrons. The van der Waals surface area contributed by atoms with Gasteiger partial charge < -0.3 is 16.4 Å². The van der Waals surface area contributed by atoms with Crippen molar-refractivity contribution in [3.8, 4) is 0 Å². The summed E-state index contributed by atoms with van der Waals surface area (Å²) in [4.78, 5) is 14.4. The summed E-state index contributed by atoms with van der Waals surface area (Å²) in [5.41, 5.74) is 6.51. The van der Waals surface area contributed by atoms with Crippen LogP contribution in [0.2, 0.25) is 0 Å². The fourth-order valence-electron chi connectivity index (χ4n) is 1.78. The van der Waals surface area contributed by atoms with Gasteiger partial charge in [0.15, 0.2) is 0 Å². The minimum atomic E-state index is 0.656. The number of nitrogens with two attached hydrogens (primary N) is 1. The summed E-state index contributed by atoms with van der Waals surface area (Å²) in [6.07, 6.45) is 3.32. The van der Waals surface area contributed by atoms with Gasteiger partial charge in [-0.25, -0.2) is 4.98 Å². The topological polar surface area (TPSA) is 80.0 Å². The summed E-state index contributed by atoms with van der Waals surface area (Å²) in [5, 5.41) is 7.99. The molecule has 94 valence electrons. The molecule has 2 aromatic rings. The third kappa shape index (κ3) is 2.88. The molecule has 0 fully saturated rings. The normalized spacial score (nSPS) is 10.2. The molecule has 1 heterocycles. The number of amides is 1. The van der Waals surface area contributed by atoms with Crippen molar-refractivity contribution in [3.05, 3.63) is 30.5 Å². The van der Waals surface area contributed by atoms with Crippen molar-refractivity contribution in [3.63, 3.8) is 0 Å². The van der Waals surface area contributed by atoms with Gasteiger partial charge in [0.05, 0.1) is 0 Å². The van der Waals surface area contributed by atoms with Gasteiger partial charge in [0, 0.05) is 30.4 Å². The van der Waals surface area contributed by atoms with Crippen molar-refractivity contribution < 1.29 is 4.79 Å². The minimum absolute atomic E-state index is 0.656. The van der Waals surface area contributed by atoms with Gasteiger partial charge in [-0.15, -0.1) is 0 Å². The molecule has 1 aromatic carbocycles. The average molecular weight is 244 g/mol. The fraction of sp³-hybridized carbons (Fsp3) is 0.231. The molecule has 1 aromatic heterocycles. The summed E-state index contributed by atoms with van der Waals surface area (Å²) in [6.45, 7) is 1.41. The van der Waals surface area contributed by atoms with Crippen LogP contribution in [0.15, 0.2) is 30.5 Å². The first-order chi connectivity index (χ1) is 8.81. The number of benzene rings is 1. The van der Waals surface area contributed by atoms with Crippen molar-refractivity contribution in [1.82, 2.24) is 10.3 Å². The van der Waals surface area contributed by atoms with Crippen LogP contribution in [-0.2, 0) is 4.79 Å². The van der Waals surface area contributed by atoms with Crippen LogP contribution in [-0.4, -0.2) is 24.5 Å². The molecule has 4 N–H and O–H groups in total. The highest BCUT2D eigenvalue weighted by Crippen LogP contribution is 2.23. The van der Waals surface area contributed by atoms with E-state index in [4.69, 9.17) is 5.73 Å². The number of carbonyl (C=O) groups excluding carboxylic acids is 1. The summed E-state index contributed by atoms with van der Waals surface area (Å²) in [7, 11) is 0. The van der Waals surface area contributed by atoms with Crippen LogP contribution in [0.3, 0.4) is 0 Å². The Morgan fingerprint density at radius 3 is 3.00 bits per heavy atom. The van der Waals surface area contributed by atoms with Crippen LogP contribution in [0.1, 0.15) is 6.42 Å². The Bertz CT molecular complexity index is 542. The van der Waals surface area contributed by atoms with Gasteiger partial charge in [-0.1, -0.05) is 6.07 Å². The van der Waals surface area contributed by atoms with Crippen molar-refractivity contribution in [2.24, 2.45) is 0 Å². The first kappa shape index (κ1) is 12.2. The van der Waals surface area contributed by atoms with E-state index in [2.05, 4.69) is 15.6 Å². The van der Waals surface area contributed by atoms with E-state index >= 15 is 0 Å². The molecule has 0 aliphatic carbocycles. The number of nitrogen functional groups attached to an aromatic ring is 1. The summed E-state index contributed by atoms with van der Waals surface area (Å²) in [6, 6.07) is 7.72. The SMILES string of the molecule is Nc1ccc2ccnc(NCCCNC=O)c2c1. The number of hydrogen-bond acceptors (Lipinski definition) is 4. The number of hydrogen-bond donors (Lipinski definition) is 3. The Labute approximate surface area is 105 Å². The molecular formula is C13H16N4O. The number of pyridine rings is 1. The average Bonchev–Trinajstić information content (AvgIpc) is 2.39. The van der Waals surface area contributed by atoms with Crippen LogP contribution < -0.4 is 16.4 Å². The predicted molar refractivity (Wildman–Crippen MR) is 73.3 cm³/mol. The Morgan fingerprint density at radius 1 is 1.28 bits per heavy atom. The van der Waals surface area contributed by atoms with Crippen LogP contribution in [0.25, 0.3) is 10.8 Å². The second-order valence-corrected chi connectivity index (χ2v) is 3.99. The lowest BCUT2D eigenvalue weighted by Crippen LogP contribution is -2.16. The van der Waals surface area contributed by atoms with Crippen molar-refractivity contribution in [2.75, 3.05) is 24.1 Å². The van der Waals surface area contributed by atoms with Gasteiger partial charge in [0.1, 0.15) is 5.82 Å². The lowest BCUT2D eigenvalue weighted by Gasteiger charge is -2.09. The van der Waals surface area contributed by atoms with Gasteiger partial charge in [-0.3, -0.25) is 4.79 Å². The van der Waals surface area contributed by atoms with Gasteiger partial charge in [0.25, 0.3) is 0 Å². The molecule has 0 atom stereocenters. The van der Waals surface area contributed by atoms with Crippen molar-refractivity contribution >= 4 is 28.7 Å². The van der Waals surface area contributed by atoms with Crippen LogP contribution in [0.5, 0.6) is 0 Å². The number of rotatable bonds is 6. The zero-order valence-corrected chi connectivity index (χ0v) is 10.0. The molecule has 0 saturated heterocycles. The molecule has 0 saturated carbocycles. The largest absolute Gasteiger partial charge is 0.399 e. The molecular weight excluding hydrogens is 228 g/mol. The number of nitrogens with one attached hydrogen (secondary N) is 2. The Kier molecular flexibility index (Phi) is 3.96. The number of nitrogens with zero attached hydrogens (tertiary/aromatic N) is 1. The maximum atomic E-state index is 10.1. The van der Waals surface area contributed by atoms with Gasteiger partial charge >= 0.3 is 0 Å². The Balaban J connectivity index is 2.08. The highest BCUT2D eigenvalue weighted by molar-refractivity contribution is 5.93. The lowest BCUT2D eigenvalue weighted by molar-refractivity contribution is -0.109. The number of carbonyl (C=O) groups is 1. The first-order valence-electron chi connectivity index (χ1n) is 5.86. The molecule has 5 heteroatoms.